The number of hydrogen-bond donors (Lipinski definition) is 4. The first-order valence-corrected chi connectivity index (χ1v) is 6.64. The fraction of sp³-hybridized carbons (Fsp3) is 0.385. The van der Waals surface area contributed by atoms with Gasteiger partial charge in [0.1, 0.15) is 11.7 Å². The molecule has 2 unspecified atom stereocenters. The second kappa shape index (κ2) is 6.73. The average molecular weight is 333 g/mol. The average Bonchev–Trinajstić information content (AvgIpc) is 2.43. The molecule has 0 saturated carbocycles. The van der Waals surface area contributed by atoms with Crippen LogP contribution in [0, 0.1) is 5.92 Å². The van der Waals surface area contributed by atoms with Crippen LogP contribution in [0.15, 0.2) is 24.3 Å². The van der Waals surface area contributed by atoms with Gasteiger partial charge in [-0.3, -0.25) is 20.4 Å². The monoisotopic (exact) mass is 333 g/mol. The van der Waals surface area contributed by atoms with Crippen molar-refractivity contribution in [3.05, 3.63) is 24.3 Å². The highest BCUT2D eigenvalue weighted by molar-refractivity contribution is 6.01. The Balaban J connectivity index is 1.96. The lowest BCUT2D eigenvalue weighted by Gasteiger charge is -2.26. The summed E-state index contributed by atoms with van der Waals surface area (Å²) in [5, 5.41) is 12.1. The number of piperidine rings is 1. The Kier molecular flexibility index (Phi) is 4.94. The zero-order valence-corrected chi connectivity index (χ0v) is 11.7. The molecule has 4 N–H and O–H groups in total. The Hall–Kier alpha value is -2.49. The SMILES string of the molecule is O=C1NCCC(O)C1C(=O)NNc1cccc(OC(F)(F)F)c1. The van der Waals surface area contributed by atoms with Crippen LogP contribution in [0.1, 0.15) is 6.42 Å². The molecule has 1 aliphatic rings. The van der Waals surface area contributed by atoms with E-state index in [9.17, 15) is 27.9 Å². The summed E-state index contributed by atoms with van der Waals surface area (Å²) in [5.41, 5.74) is 4.66. The van der Waals surface area contributed by atoms with E-state index in [1.165, 1.54) is 12.1 Å². The molecule has 2 rings (SSSR count). The maximum absolute atomic E-state index is 12.1. The standard InChI is InChI=1S/C13H14F3N3O4/c14-13(15,16)23-8-3-1-2-7(6-8)18-19-12(22)10-9(20)4-5-17-11(10)21/h1-3,6,9-10,18,20H,4-5H2,(H,17,21)(H,19,22). The van der Waals surface area contributed by atoms with Gasteiger partial charge >= 0.3 is 6.36 Å². The van der Waals surface area contributed by atoms with E-state index in [0.717, 1.165) is 12.1 Å². The molecule has 7 nitrogen and oxygen atoms in total. The number of hydrazine groups is 1. The fourth-order valence-electron chi connectivity index (χ4n) is 2.07. The molecule has 0 bridgehead atoms. The third-order valence-corrected chi connectivity index (χ3v) is 3.09. The van der Waals surface area contributed by atoms with Gasteiger partial charge in [0.2, 0.25) is 5.91 Å². The van der Waals surface area contributed by atoms with Crippen LogP contribution in [0.3, 0.4) is 0 Å². The van der Waals surface area contributed by atoms with Crippen LogP contribution < -0.4 is 20.9 Å². The van der Waals surface area contributed by atoms with Gasteiger partial charge in [-0.15, -0.1) is 13.2 Å². The van der Waals surface area contributed by atoms with E-state index >= 15 is 0 Å². The Morgan fingerprint density at radius 3 is 2.78 bits per heavy atom. The fourth-order valence-corrected chi connectivity index (χ4v) is 2.07. The lowest BCUT2D eigenvalue weighted by molar-refractivity contribution is -0.274. The van der Waals surface area contributed by atoms with Crippen molar-refractivity contribution in [1.82, 2.24) is 10.7 Å². The highest BCUT2D eigenvalue weighted by atomic mass is 19.4. The Morgan fingerprint density at radius 1 is 1.39 bits per heavy atom. The Morgan fingerprint density at radius 2 is 2.13 bits per heavy atom. The van der Waals surface area contributed by atoms with Crippen molar-refractivity contribution in [2.45, 2.75) is 18.9 Å². The van der Waals surface area contributed by atoms with Gasteiger partial charge in [0.15, 0.2) is 0 Å². The first-order valence-electron chi connectivity index (χ1n) is 6.64. The predicted octanol–water partition coefficient (Wildman–Crippen LogP) is 0.525. The third kappa shape index (κ3) is 4.74. The molecule has 2 amide bonds. The second-order valence-corrected chi connectivity index (χ2v) is 4.81. The van der Waals surface area contributed by atoms with Gasteiger partial charge < -0.3 is 15.2 Å². The smallest absolute Gasteiger partial charge is 0.406 e. The van der Waals surface area contributed by atoms with E-state index in [4.69, 9.17) is 0 Å². The van der Waals surface area contributed by atoms with Crippen molar-refractivity contribution >= 4 is 17.5 Å². The lowest BCUT2D eigenvalue weighted by Crippen LogP contribution is -2.52. The first kappa shape index (κ1) is 16.9. The van der Waals surface area contributed by atoms with Crippen LogP contribution >= 0.6 is 0 Å². The minimum absolute atomic E-state index is 0.116. The highest BCUT2D eigenvalue weighted by Crippen LogP contribution is 2.24. The number of alkyl halides is 3. The third-order valence-electron chi connectivity index (χ3n) is 3.09. The van der Waals surface area contributed by atoms with Crippen molar-refractivity contribution < 1.29 is 32.6 Å². The summed E-state index contributed by atoms with van der Waals surface area (Å²) >= 11 is 0. The molecule has 1 saturated heterocycles. The number of benzene rings is 1. The summed E-state index contributed by atoms with van der Waals surface area (Å²) in [4.78, 5) is 23.5. The van der Waals surface area contributed by atoms with E-state index in [1.54, 1.807) is 0 Å². The number of nitrogens with one attached hydrogen (secondary N) is 3. The molecule has 0 radical (unpaired) electrons. The van der Waals surface area contributed by atoms with Crippen molar-refractivity contribution in [3.8, 4) is 5.75 Å². The van der Waals surface area contributed by atoms with Crippen LogP contribution in [0.4, 0.5) is 18.9 Å². The molecular weight excluding hydrogens is 319 g/mol. The molecule has 126 valence electrons. The predicted molar refractivity (Wildman–Crippen MR) is 72.0 cm³/mol. The van der Waals surface area contributed by atoms with E-state index in [-0.39, 0.29) is 18.7 Å². The molecule has 0 spiro atoms. The number of aliphatic hydroxyl groups excluding tert-OH is 1. The minimum Gasteiger partial charge on any atom is -0.406 e. The van der Waals surface area contributed by atoms with E-state index < -0.39 is 35.9 Å². The summed E-state index contributed by atoms with van der Waals surface area (Å²) in [6.07, 6.45) is -5.71. The topological polar surface area (TPSA) is 99.7 Å². The maximum Gasteiger partial charge on any atom is 0.573 e. The minimum atomic E-state index is -4.83. The molecule has 0 aromatic heterocycles. The Bertz CT molecular complexity index is 594. The van der Waals surface area contributed by atoms with E-state index in [2.05, 4.69) is 20.9 Å². The van der Waals surface area contributed by atoms with Gasteiger partial charge in [0.05, 0.1) is 11.8 Å². The highest BCUT2D eigenvalue weighted by Gasteiger charge is 2.36. The van der Waals surface area contributed by atoms with Crippen LogP contribution in [0.25, 0.3) is 0 Å². The van der Waals surface area contributed by atoms with Crippen molar-refractivity contribution in [3.63, 3.8) is 0 Å². The number of carbonyl (C=O) groups excluding carboxylic acids is 2. The maximum atomic E-state index is 12.1. The first-order chi connectivity index (χ1) is 10.8. The van der Waals surface area contributed by atoms with Crippen molar-refractivity contribution in [2.24, 2.45) is 5.92 Å². The van der Waals surface area contributed by atoms with Crippen molar-refractivity contribution in [2.75, 3.05) is 12.0 Å². The lowest BCUT2D eigenvalue weighted by atomic mass is 9.95. The molecule has 2 atom stereocenters. The number of halogens is 3. The second-order valence-electron chi connectivity index (χ2n) is 4.81. The Labute approximate surface area is 128 Å². The molecule has 0 aliphatic carbocycles. The van der Waals surface area contributed by atoms with Crippen LogP contribution in [0.2, 0.25) is 0 Å². The van der Waals surface area contributed by atoms with Gasteiger partial charge in [0.25, 0.3) is 5.91 Å². The van der Waals surface area contributed by atoms with Crippen LogP contribution in [-0.4, -0.2) is 35.9 Å². The summed E-state index contributed by atoms with van der Waals surface area (Å²) in [6.45, 7) is 0.272. The molecule has 10 heteroatoms. The zero-order chi connectivity index (χ0) is 17.0. The molecule has 1 aliphatic heterocycles. The number of amides is 2. The molecule has 1 aromatic carbocycles. The van der Waals surface area contributed by atoms with Gasteiger partial charge in [0, 0.05) is 12.6 Å². The number of rotatable bonds is 4. The number of anilines is 1. The number of hydrogen-bond acceptors (Lipinski definition) is 5. The largest absolute Gasteiger partial charge is 0.573 e. The molecule has 23 heavy (non-hydrogen) atoms. The number of aliphatic hydroxyl groups is 1. The number of carbonyl (C=O) groups is 2. The summed E-state index contributed by atoms with van der Waals surface area (Å²) < 4.78 is 40.1. The molecule has 1 aromatic rings. The van der Waals surface area contributed by atoms with E-state index in [0.29, 0.717) is 0 Å². The molecule has 1 heterocycles. The van der Waals surface area contributed by atoms with E-state index in [1.807, 2.05) is 0 Å². The normalized spacial score (nSPS) is 21.3. The van der Waals surface area contributed by atoms with Gasteiger partial charge in [-0.1, -0.05) is 6.07 Å². The van der Waals surface area contributed by atoms with Gasteiger partial charge in [-0.25, -0.2) is 0 Å². The van der Waals surface area contributed by atoms with Gasteiger partial charge in [-0.2, -0.15) is 0 Å². The van der Waals surface area contributed by atoms with Crippen LogP contribution in [0.5, 0.6) is 5.75 Å². The molecule has 1 fully saturated rings. The summed E-state index contributed by atoms with van der Waals surface area (Å²) in [6, 6.07) is 4.79. The quantitative estimate of drug-likeness (QED) is 0.476. The number of ether oxygens (including phenoxy) is 1. The van der Waals surface area contributed by atoms with Crippen LogP contribution in [-0.2, 0) is 9.59 Å². The summed E-state index contributed by atoms with van der Waals surface area (Å²) in [7, 11) is 0. The summed E-state index contributed by atoms with van der Waals surface area (Å²) in [5.74, 6) is -3.16. The van der Waals surface area contributed by atoms with Gasteiger partial charge in [-0.05, 0) is 18.6 Å². The molecular formula is C13H14F3N3O4. The van der Waals surface area contributed by atoms with Crippen molar-refractivity contribution in [1.29, 1.82) is 0 Å². The zero-order valence-electron chi connectivity index (χ0n) is 11.7.